The fourth-order valence-corrected chi connectivity index (χ4v) is 1.82. The van der Waals surface area contributed by atoms with Crippen molar-refractivity contribution in [2.24, 2.45) is 7.05 Å². The van der Waals surface area contributed by atoms with Gasteiger partial charge in [-0.05, 0) is 25.1 Å². The first kappa shape index (κ1) is 13.8. The van der Waals surface area contributed by atoms with Gasteiger partial charge in [0.2, 0.25) is 5.78 Å². The largest absolute Gasteiger partial charge is 0.485 e. The second kappa shape index (κ2) is 5.56. The molecular weight excluding hydrogens is 260 g/mol. The standard InChI is InChI=1S/C14H14N2O4/c1-10-7-12(3-4-13(10)16(18)19)20-9-14(17)11-5-6-15(2)8-11/h3-8H,9H2,1-2H3. The first-order chi connectivity index (χ1) is 9.47. The van der Waals surface area contributed by atoms with Crippen molar-refractivity contribution in [3.63, 3.8) is 0 Å². The number of nitrogens with zero attached hydrogens (tertiary/aromatic N) is 2. The van der Waals surface area contributed by atoms with E-state index in [9.17, 15) is 14.9 Å². The number of aromatic nitrogens is 1. The van der Waals surface area contributed by atoms with E-state index in [4.69, 9.17) is 4.74 Å². The smallest absolute Gasteiger partial charge is 0.272 e. The number of rotatable bonds is 5. The molecule has 0 amide bonds. The number of hydrogen-bond acceptors (Lipinski definition) is 4. The topological polar surface area (TPSA) is 74.4 Å². The van der Waals surface area contributed by atoms with E-state index < -0.39 is 4.92 Å². The average Bonchev–Trinajstić information content (AvgIpc) is 2.82. The Morgan fingerprint density at radius 2 is 2.15 bits per heavy atom. The third-order valence-electron chi connectivity index (χ3n) is 2.89. The van der Waals surface area contributed by atoms with Gasteiger partial charge in [-0.1, -0.05) is 0 Å². The first-order valence-corrected chi connectivity index (χ1v) is 6.00. The maximum absolute atomic E-state index is 11.8. The lowest BCUT2D eigenvalue weighted by Crippen LogP contribution is -2.11. The lowest BCUT2D eigenvalue weighted by atomic mass is 10.2. The van der Waals surface area contributed by atoms with Gasteiger partial charge in [-0.2, -0.15) is 0 Å². The fourth-order valence-electron chi connectivity index (χ4n) is 1.82. The fraction of sp³-hybridized carbons (Fsp3) is 0.214. The second-order valence-corrected chi connectivity index (χ2v) is 4.48. The zero-order valence-electron chi connectivity index (χ0n) is 11.2. The summed E-state index contributed by atoms with van der Waals surface area (Å²) < 4.78 is 7.15. The number of benzene rings is 1. The Hall–Kier alpha value is -2.63. The van der Waals surface area contributed by atoms with Gasteiger partial charge in [-0.15, -0.1) is 0 Å². The third-order valence-corrected chi connectivity index (χ3v) is 2.89. The summed E-state index contributed by atoms with van der Waals surface area (Å²) in [7, 11) is 1.83. The van der Waals surface area contributed by atoms with Gasteiger partial charge in [0.1, 0.15) is 5.75 Å². The summed E-state index contributed by atoms with van der Waals surface area (Å²) in [5.41, 5.74) is 1.11. The molecule has 20 heavy (non-hydrogen) atoms. The van der Waals surface area contributed by atoms with Crippen LogP contribution in [-0.2, 0) is 7.05 Å². The second-order valence-electron chi connectivity index (χ2n) is 4.48. The van der Waals surface area contributed by atoms with Crippen molar-refractivity contribution in [3.8, 4) is 5.75 Å². The van der Waals surface area contributed by atoms with E-state index in [0.717, 1.165) is 0 Å². The summed E-state index contributed by atoms with van der Waals surface area (Å²) >= 11 is 0. The Kier molecular flexibility index (Phi) is 3.84. The van der Waals surface area contributed by atoms with Crippen molar-refractivity contribution in [2.45, 2.75) is 6.92 Å². The normalized spacial score (nSPS) is 10.3. The maximum atomic E-state index is 11.8. The molecule has 0 spiro atoms. The van der Waals surface area contributed by atoms with Crippen LogP contribution >= 0.6 is 0 Å². The highest BCUT2D eigenvalue weighted by atomic mass is 16.6. The molecule has 0 aliphatic carbocycles. The minimum absolute atomic E-state index is 0.0340. The van der Waals surface area contributed by atoms with E-state index in [1.165, 1.54) is 12.1 Å². The van der Waals surface area contributed by atoms with Crippen molar-refractivity contribution in [1.82, 2.24) is 4.57 Å². The molecule has 2 rings (SSSR count). The maximum Gasteiger partial charge on any atom is 0.272 e. The summed E-state index contributed by atoms with van der Waals surface area (Å²) in [6.07, 6.45) is 3.50. The monoisotopic (exact) mass is 274 g/mol. The van der Waals surface area contributed by atoms with Crippen LogP contribution in [0.3, 0.4) is 0 Å². The predicted octanol–water partition coefficient (Wildman–Crippen LogP) is 2.50. The summed E-state index contributed by atoms with van der Waals surface area (Å²) in [6.45, 7) is 1.53. The van der Waals surface area contributed by atoms with Gasteiger partial charge in [-0.3, -0.25) is 14.9 Å². The molecule has 1 aromatic heterocycles. The number of Topliss-reactive ketones (excluding diaryl/α,β-unsaturated/α-hetero) is 1. The molecule has 0 saturated heterocycles. The zero-order valence-corrected chi connectivity index (χ0v) is 11.2. The van der Waals surface area contributed by atoms with Crippen LogP contribution in [0.4, 0.5) is 5.69 Å². The molecule has 104 valence electrons. The highest BCUT2D eigenvalue weighted by Crippen LogP contribution is 2.23. The van der Waals surface area contributed by atoms with Gasteiger partial charge in [0, 0.05) is 36.6 Å². The molecule has 0 saturated carbocycles. The number of nitro benzene ring substituents is 1. The first-order valence-electron chi connectivity index (χ1n) is 6.00. The van der Waals surface area contributed by atoms with Gasteiger partial charge >= 0.3 is 0 Å². The minimum Gasteiger partial charge on any atom is -0.485 e. The molecule has 0 atom stereocenters. The highest BCUT2D eigenvalue weighted by Gasteiger charge is 2.12. The lowest BCUT2D eigenvalue weighted by Gasteiger charge is -2.06. The average molecular weight is 274 g/mol. The van der Waals surface area contributed by atoms with Crippen LogP contribution in [0, 0.1) is 17.0 Å². The van der Waals surface area contributed by atoms with Crippen LogP contribution in [0.2, 0.25) is 0 Å². The molecule has 1 heterocycles. The Balaban J connectivity index is 2.02. The predicted molar refractivity (Wildman–Crippen MR) is 73.1 cm³/mol. The molecule has 0 radical (unpaired) electrons. The number of ether oxygens (including phenoxy) is 1. The molecular formula is C14H14N2O4. The van der Waals surface area contributed by atoms with Crippen molar-refractivity contribution in [3.05, 3.63) is 57.9 Å². The summed E-state index contributed by atoms with van der Waals surface area (Å²) in [5.74, 6) is 0.305. The van der Waals surface area contributed by atoms with Crippen molar-refractivity contribution in [2.75, 3.05) is 6.61 Å². The van der Waals surface area contributed by atoms with E-state index >= 15 is 0 Å². The van der Waals surface area contributed by atoms with E-state index in [1.807, 2.05) is 7.05 Å². The summed E-state index contributed by atoms with van der Waals surface area (Å²) in [5, 5.41) is 10.7. The molecule has 0 unspecified atom stereocenters. The molecule has 6 nitrogen and oxygen atoms in total. The summed E-state index contributed by atoms with van der Waals surface area (Å²) in [4.78, 5) is 22.1. The molecule has 6 heteroatoms. The van der Waals surface area contributed by atoms with Gasteiger partial charge < -0.3 is 9.30 Å². The van der Waals surface area contributed by atoms with E-state index in [1.54, 1.807) is 36.0 Å². The van der Waals surface area contributed by atoms with Crippen LogP contribution in [-0.4, -0.2) is 21.9 Å². The zero-order chi connectivity index (χ0) is 14.7. The Bertz CT molecular complexity index is 661. The summed E-state index contributed by atoms with van der Waals surface area (Å²) in [6, 6.07) is 6.13. The third kappa shape index (κ3) is 3.03. The lowest BCUT2D eigenvalue weighted by molar-refractivity contribution is -0.385. The van der Waals surface area contributed by atoms with Crippen molar-refractivity contribution < 1.29 is 14.5 Å². The SMILES string of the molecule is Cc1cc(OCC(=O)c2ccn(C)c2)ccc1[N+](=O)[O-]. The van der Waals surface area contributed by atoms with Gasteiger partial charge in [0.05, 0.1) is 4.92 Å². The molecule has 0 aliphatic rings. The van der Waals surface area contributed by atoms with Crippen molar-refractivity contribution in [1.29, 1.82) is 0 Å². The van der Waals surface area contributed by atoms with Gasteiger partial charge in [0.15, 0.2) is 6.61 Å². The molecule has 2 aromatic rings. The number of carbonyl (C=O) groups excluding carboxylic acids is 1. The number of nitro groups is 1. The quantitative estimate of drug-likeness (QED) is 0.477. The van der Waals surface area contributed by atoms with Crippen LogP contribution in [0.5, 0.6) is 5.75 Å². The minimum atomic E-state index is -0.450. The van der Waals surface area contributed by atoms with Crippen LogP contribution in [0.25, 0.3) is 0 Å². The number of ketones is 1. The molecule has 1 aromatic carbocycles. The van der Waals surface area contributed by atoms with Crippen LogP contribution in [0.1, 0.15) is 15.9 Å². The van der Waals surface area contributed by atoms with E-state index in [0.29, 0.717) is 16.9 Å². The Labute approximate surface area is 115 Å². The molecule has 0 fully saturated rings. The van der Waals surface area contributed by atoms with E-state index in [2.05, 4.69) is 0 Å². The Morgan fingerprint density at radius 1 is 1.40 bits per heavy atom. The van der Waals surface area contributed by atoms with Crippen LogP contribution < -0.4 is 4.74 Å². The molecule has 0 aliphatic heterocycles. The molecule has 0 N–H and O–H groups in total. The Morgan fingerprint density at radius 3 is 2.70 bits per heavy atom. The van der Waals surface area contributed by atoms with Crippen LogP contribution in [0.15, 0.2) is 36.7 Å². The number of hydrogen-bond donors (Lipinski definition) is 0. The highest BCUT2D eigenvalue weighted by molar-refractivity contribution is 5.97. The van der Waals surface area contributed by atoms with Gasteiger partial charge in [-0.25, -0.2) is 0 Å². The number of carbonyl (C=O) groups is 1. The molecule has 0 bridgehead atoms. The van der Waals surface area contributed by atoms with Gasteiger partial charge in [0.25, 0.3) is 5.69 Å². The van der Waals surface area contributed by atoms with E-state index in [-0.39, 0.29) is 18.1 Å². The number of aryl methyl sites for hydroxylation is 2. The van der Waals surface area contributed by atoms with Crippen molar-refractivity contribution >= 4 is 11.5 Å².